The maximum absolute atomic E-state index is 13.5. The number of hydrogen-bond acceptors (Lipinski definition) is 3. The lowest BCUT2D eigenvalue weighted by Gasteiger charge is -2.12. The van der Waals surface area contributed by atoms with Crippen molar-refractivity contribution in [3.8, 4) is 5.69 Å². The lowest BCUT2D eigenvalue weighted by Crippen LogP contribution is -2.38. The van der Waals surface area contributed by atoms with E-state index in [1.54, 1.807) is 47.8 Å². The molecule has 0 bridgehead atoms. The van der Waals surface area contributed by atoms with Crippen molar-refractivity contribution in [3.63, 3.8) is 0 Å². The van der Waals surface area contributed by atoms with Gasteiger partial charge in [0.1, 0.15) is 10.5 Å². The maximum atomic E-state index is 13.5. The summed E-state index contributed by atoms with van der Waals surface area (Å²) in [5.41, 5.74) is 0.762. The number of hydrogen-bond donors (Lipinski definition) is 0. The van der Waals surface area contributed by atoms with Crippen LogP contribution in [-0.2, 0) is 6.54 Å². The molecule has 2 heterocycles. The van der Waals surface area contributed by atoms with Gasteiger partial charge in [0.25, 0.3) is 5.56 Å². The van der Waals surface area contributed by atoms with Crippen LogP contribution >= 0.6 is 22.9 Å². The van der Waals surface area contributed by atoms with Crippen LogP contribution in [0.15, 0.2) is 69.6 Å². The molecule has 26 heavy (non-hydrogen) atoms. The van der Waals surface area contributed by atoms with Gasteiger partial charge in [-0.3, -0.25) is 9.36 Å². The fourth-order valence-electron chi connectivity index (χ4n) is 2.88. The van der Waals surface area contributed by atoms with Gasteiger partial charge in [0.05, 0.1) is 17.7 Å². The molecule has 0 aliphatic heterocycles. The highest BCUT2D eigenvalue weighted by Gasteiger charge is 2.16. The summed E-state index contributed by atoms with van der Waals surface area (Å²) in [6, 6.07) is 14.3. The molecule has 4 rings (SSSR count). The van der Waals surface area contributed by atoms with Crippen molar-refractivity contribution in [1.29, 1.82) is 0 Å². The van der Waals surface area contributed by atoms with Gasteiger partial charge in [0.15, 0.2) is 0 Å². The van der Waals surface area contributed by atoms with Crippen molar-refractivity contribution in [2.45, 2.75) is 6.54 Å². The Kier molecular flexibility index (Phi) is 4.22. The van der Waals surface area contributed by atoms with Crippen molar-refractivity contribution in [2.75, 3.05) is 0 Å². The molecule has 2 aromatic heterocycles. The lowest BCUT2D eigenvalue weighted by molar-refractivity contribution is 0.622. The Morgan fingerprint density at radius 2 is 1.81 bits per heavy atom. The molecule has 7 heteroatoms. The highest BCUT2D eigenvalue weighted by molar-refractivity contribution is 7.17. The number of fused-ring (bicyclic) bond motifs is 1. The molecule has 0 aliphatic rings. The first-order chi connectivity index (χ1) is 12.5. The summed E-state index contributed by atoms with van der Waals surface area (Å²) in [7, 11) is 0. The zero-order valence-corrected chi connectivity index (χ0v) is 14.9. The number of halogens is 2. The number of thiophene rings is 1. The van der Waals surface area contributed by atoms with E-state index in [-0.39, 0.29) is 17.9 Å². The third-order valence-corrected chi connectivity index (χ3v) is 5.21. The first kappa shape index (κ1) is 16.8. The molecule has 130 valence electrons. The van der Waals surface area contributed by atoms with E-state index in [0.717, 1.165) is 4.57 Å². The van der Waals surface area contributed by atoms with E-state index in [1.807, 2.05) is 0 Å². The molecule has 4 nitrogen and oxygen atoms in total. The Hall–Kier alpha value is -2.70. The van der Waals surface area contributed by atoms with Crippen LogP contribution in [0.5, 0.6) is 0 Å². The SMILES string of the molecule is O=c1c2sccc2n(Cc2cccc(F)c2)c(=O)n1-c1ccc(Cl)cc1. The minimum Gasteiger partial charge on any atom is -0.288 e. The van der Waals surface area contributed by atoms with E-state index in [0.29, 0.717) is 26.5 Å². The molecule has 0 N–H and O–H groups in total. The standard InChI is InChI=1S/C19H12ClFN2O2S/c20-13-4-6-15(7-5-13)23-18(24)17-16(8-9-26-17)22(19(23)25)11-12-2-1-3-14(21)10-12/h1-10H,11H2. The zero-order chi connectivity index (χ0) is 18.3. The first-order valence-corrected chi connectivity index (χ1v) is 9.04. The largest absolute Gasteiger partial charge is 0.336 e. The smallest absolute Gasteiger partial charge is 0.288 e. The van der Waals surface area contributed by atoms with E-state index in [2.05, 4.69) is 0 Å². The second kappa shape index (κ2) is 6.55. The molecule has 0 aliphatic carbocycles. The fourth-order valence-corrected chi connectivity index (χ4v) is 3.83. The van der Waals surface area contributed by atoms with E-state index in [9.17, 15) is 14.0 Å². The molecule has 0 saturated carbocycles. The molecule has 0 atom stereocenters. The molecular formula is C19H12ClFN2O2S. The molecule has 0 fully saturated rings. The summed E-state index contributed by atoms with van der Waals surface area (Å²) in [5, 5.41) is 2.28. The number of rotatable bonds is 3. The Morgan fingerprint density at radius 3 is 2.54 bits per heavy atom. The minimum absolute atomic E-state index is 0.164. The van der Waals surface area contributed by atoms with Crippen LogP contribution in [0, 0.1) is 5.82 Å². The molecule has 0 amide bonds. The summed E-state index contributed by atoms with van der Waals surface area (Å²) in [6.45, 7) is 0.164. The van der Waals surface area contributed by atoms with E-state index >= 15 is 0 Å². The highest BCUT2D eigenvalue weighted by atomic mass is 35.5. The number of benzene rings is 2. The first-order valence-electron chi connectivity index (χ1n) is 7.78. The van der Waals surface area contributed by atoms with Crippen LogP contribution in [-0.4, -0.2) is 9.13 Å². The van der Waals surface area contributed by atoms with Crippen LogP contribution in [0.25, 0.3) is 15.9 Å². The van der Waals surface area contributed by atoms with Crippen LogP contribution in [0.2, 0.25) is 5.02 Å². The topological polar surface area (TPSA) is 44.0 Å². The van der Waals surface area contributed by atoms with Crippen molar-refractivity contribution in [1.82, 2.24) is 9.13 Å². The summed E-state index contributed by atoms with van der Waals surface area (Å²) >= 11 is 7.17. The second-order valence-electron chi connectivity index (χ2n) is 5.75. The summed E-state index contributed by atoms with van der Waals surface area (Å²) < 4.78 is 16.6. The normalized spacial score (nSPS) is 11.2. The predicted molar refractivity (Wildman–Crippen MR) is 102 cm³/mol. The number of aromatic nitrogens is 2. The quantitative estimate of drug-likeness (QED) is 0.533. The lowest BCUT2D eigenvalue weighted by atomic mass is 10.2. The molecule has 0 saturated heterocycles. The Morgan fingerprint density at radius 1 is 1.04 bits per heavy atom. The molecule has 4 aromatic rings. The van der Waals surface area contributed by atoms with Crippen molar-refractivity contribution >= 4 is 33.2 Å². The van der Waals surface area contributed by atoms with Gasteiger partial charge >= 0.3 is 5.69 Å². The van der Waals surface area contributed by atoms with Crippen molar-refractivity contribution in [2.24, 2.45) is 0 Å². The summed E-state index contributed by atoms with van der Waals surface area (Å²) in [4.78, 5) is 25.9. The average molecular weight is 387 g/mol. The van der Waals surface area contributed by atoms with Gasteiger partial charge in [-0.15, -0.1) is 11.3 Å². The molecule has 0 radical (unpaired) electrons. The van der Waals surface area contributed by atoms with E-state index in [4.69, 9.17) is 11.6 Å². The third kappa shape index (κ3) is 2.87. The zero-order valence-electron chi connectivity index (χ0n) is 13.4. The Bertz CT molecular complexity index is 1220. The van der Waals surface area contributed by atoms with Crippen LogP contribution in [0.3, 0.4) is 0 Å². The van der Waals surface area contributed by atoms with E-state index < -0.39 is 5.69 Å². The van der Waals surface area contributed by atoms with Crippen LogP contribution < -0.4 is 11.2 Å². The monoisotopic (exact) mass is 386 g/mol. The fraction of sp³-hybridized carbons (Fsp3) is 0.0526. The van der Waals surface area contributed by atoms with Gasteiger partial charge in [-0.25, -0.2) is 13.8 Å². The van der Waals surface area contributed by atoms with Gasteiger partial charge in [0, 0.05) is 5.02 Å². The van der Waals surface area contributed by atoms with Crippen molar-refractivity contribution in [3.05, 3.63) is 97.2 Å². The maximum Gasteiger partial charge on any atom is 0.336 e. The highest BCUT2D eigenvalue weighted by Crippen LogP contribution is 2.18. The minimum atomic E-state index is -0.479. The van der Waals surface area contributed by atoms with Gasteiger partial charge in [-0.1, -0.05) is 23.7 Å². The average Bonchev–Trinajstić information content (AvgIpc) is 3.10. The van der Waals surface area contributed by atoms with Gasteiger partial charge in [-0.05, 0) is 53.4 Å². The van der Waals surface area contributed by atoms with Gasteiger partial charge in [0.2, 0.25) is 0 Å². The van der Waals surface area contributed by atoms with Crippen LogP contribution in [0.4, 0.5) is 4.39 Å². The Balaban J connectivity index is 1.98. The summed E-state index contributed by atoms with van der Waals surface area (Å²) in [5.74, 6) is -0.372. The van der Waals surface area contributed by atoms with Crippen molar-refractivity contribution < 1.29 is 4.39 Å². The Labute approximate surface area is 156 Å². The summed E-state index contributed by atoms with van der Waals surface area (Å²) in [6.07, 6.45) is 0. The van der Waals surface area contributed by atoms with Gasteiger partial charge < -0.3 is 0 Å². The van der Waals surface area contributed by atoms with Crippen LogP contribution in [0.1, 0.15) is 5.56 Å². The molecule has 2 aromatic carbocycles. The van der Waals surface area contributed by atoms with E-state index in [1.165, 1.54) is 28.0 Å². The number of nitrogens with zero attached hydrogens (tertiary/aromatic N) is 2. The molecule has 0 spiro atoms. The second-order valence-corrected chi connectivity index (χ2v) is 7.10. The molecule has 0 unspecified atom stereocenters. The van der Waals surface area contributed by atoms with Gasteiger partial charge in [-0.2, -0.15) is 0 Å². The predicted octanol–water partition coefficient (Wildman–Crippen LogP) is 4.05. The molecular weight excluding hydrogens is 375 g/mol. The third-order valence-electron chi connectivity index (χ3n) is 4.07.